The first-order valence-electron chi connectivity index (χ1n) is 6.30. The highest BCUT2D eigenvalue weighted by Crippen LogP contribution is 2.20. The molecule has 4 heteroatoms. The molecule has 0 aliphatic carbocycles. The van der Waals surface area contributed by atoms with Gasteiger partial charge in [0.1, 0.15) is 11.4 Å². The first kappa shape index (κ1) is 13.3. The van der Waals surface area contributed by atoms with E-state index in [9.17, 15) is 4.79 Å². The minimum atomic E-state index is 0.00241. The second-order valence-electron chi connectivity index (χ2n) is 4.50. The van der Waals surface area contributed by atoms with Crippen molar-refractivity contribution >= 4 is 5.78 Å². The summed E-state index contributed by atoms with van der Waals surface area (Å²) in [4.78, 5) is 12.6. The van der Waals surface area contributed by atoms with Gasteiger partial charge in [0, 0.05) is 12.1 Å². The number of rotatable bonds is 4. The molecule has 1 aromatic heterocycles. The van der Waals surface area contributed by atoms with Crippen molar-refractivity contribution < 1.29 is 9.53 Å². The topological polar surface area (TPSA) is 44.1 Å². The Balaban J connectivity index is 2.44. The van der Waals surface area contributed by atoms with E-state index in [4.69, 9.17) is 4.74 Å². The summed E-state index contributed by atoms with van der Waals surface area (Å²) in [6, 6.07) is 7.31. The minimum Gasteiger partial charge on any atom is -0.497 e. The molecule has 0 aliphatic rings. The maximum Gasteiger partial charge on any atom is 0.211 e. The number of benzene rings is 1. The molecule has 0 aliphatic heterocycles. The van der Waals surface area contributed by atoms with E-state index in [0.29, 0.717) is 17.8 Å². The molecule has 0 amide bonds. The normalized spacial score (nSPS) is 10.5. The number of aryl methyl sites for hydroxylation is 3. The molecule has 1 heterocycles. The van der Waals surface area contributed by atoms with Crippen molar-refractivity contribution in [1.82, 2.24) is 9.78 Å². The van der Waals surface area contributed by atoms with Gasteiger partial charge in [-0.2, -0.15) is 5.10 Å². The van der Waals surface area contributed by atoms with Crippen LogP contribution in [0.3, 0.4) is 0 Å². The van der Waals surface area contributed by atoms with Crippen LogP contribution in [0.15, 0.2) is 24.3 Å². The summed E-state index contributed by atoms with van der Waals surface area (Å²) in [6.07, 6.45) is 0. The SMILES string of the molecule is CCn1nc(C)cc1C(=O)c1ccc(OC)cc1C. The van der Waals surface area contributed by atoms with Crippen molar-refractivity contribution in [2.24, 2.45) is 0 Å². The van der Waals surface area contributed by atoms with Gasteiger partial charge in [-0.3, -0.25) is 9.48 Å². The van der Waals surface area contributed by atoms with E-state index in [1.165, 1.54) is 0 Å². The number of hydrogen-bond acceptors (Lipinski definition) is 3. The molecular weight excluding hydrogens is 240 g/mol. The lowest BCUT2D eigenvalue weighted by Crippen LogP contribution is -2.11. The molecule has 0 radical (unpaired) electrons. The Hall–Kier alpha value is -2.10. The van der Waals surface area contributed by atoms with Crippen LogP contribution in [0.4, 0.5) is 0 Å². The van der Waals surface area contributed by atoms with Gasteiger partial charge in [-0.25, -0.2) is 0 Å². The molecule has 4 nitrogen and oxygen atoms in total. The molecule has 0 N–H and O–H groups in total. The van der Waals surface area contributed by atoms with Crippen LogP contribution in [0.1, 0.15) is 34.2 Å². The van der Waals surface area contributed by atoms with E-state index in [2.05, 4.69) is 5.10 Å². The van der Waals surface area contributed by atoms with E-state index in [-0.39, 0.29) is 5.78 Å². The molecule has 1 aromatic carbocycles. The molecule has 2 rings (SSSR count). The van der Waals surface area contributed by atoms with Gasteiger partial charge < -0.3 is 4.74 Å². The summed E-state index contributed by atoms with van der Waals surface area (Å²) in [5.74, 6) is 0.761. The number of methoxy groups -OCH3 is 1. The van der Waals surface area contributed by atoms with Gasteiger partial charge in [0.05, 0.1) is 12.8 Å². The van der Waals surface area contributed by atoms with E-state index >= 15 is 0 Å². The molecule has 0 saturated heterocycles. The van der Waals surface area contributed by atoms with E-state index in [1.807, 2.05) is 32.9 Å². The van der Waals surface area contributed by atoms with E-state index in [1.54, 1.807) is 23.9 Å². The minimum absolute atomic E-state index is 0.00241. The zero-order chi connectivity index (χ0) is 14.0. The number of carbonyl (C=O) groups excluding carboxylic acids is 1. The average molecular weight is 258 g/mol. The van der Waals surface area contributed by atoms with Gasteiger partial charge in [0.15, 0.2) is 0 Å². The summed E-state index contributed by atoms with van der Waals surface area (Å²) in [6.45, 7) is 6.47. The Labute approximate surface area is 113 Å². The number of hydrogen-bond donors (Lipinski definition) is 0. The fraction of sp³-hybridized carbons (Fsp3) is 0.333. The lowest BCUT2D eigenvalue weighted by molar-refractivity contribution is 0.102. The molecular formula is C15H18N2O2. The smallest absolute Gasteiger partial charge is 0.211 e. The lowest BCUT2D eigenvalue weighted by atomic mass is 10.0. The zero-order valence-electron chi connectivity index (χ0n) is 11.7. The molecule has 0 saturated carbocycles. The van der Waals surface area contributed by atoms with Crippen molar-refractivity contribution in [3.63, 3.8) is 0 Å². The van der Waals surface area contributed by atoms with Gasteiger partial charge in [0.2, 0.25) is 5.78 Å². The third-order valence-corrected chi connectivity index (χ3v) is 3.11. The molecule has 0 fully saturated rings. The average Bonchev–Trinajstić information content (AvgIpc) is 2.79. The fourth-order valence-electron chi connectivity index (χ4n) is 2.13. The Kier molecular flexibility index (Phi) is 3.69. The van der Waals surface area contributed by atoms with Gasteiger partial charge >= 0.3 is 0 Å². The van der Waals surface area contributed by atoms with Gasteiger partial charge in [-0.1, -0.05) is 0 Å². The van der Waals surface area contributed by atoms with E-state index in [0.717, 1.165) is 17.0 Å². The predicted octanol–water partition coefficient (Wildman–Crippen LogP) is 2.76. The maximum atomic E-state index is 12.6. The van der Waals surface area contributed by atoms with Crippen molar-refractivity contribution in [3.8, 4) is 5.75 Å². The van der Waals surface area contributed by atoms with Crippen molar-refractivity contribution in [2.45, 2.75) is 27.3 Å². The summed E-state index contributed by atoms with van der Waals surface area (Å²) in [7, 11) is 1.62. The molecule has 0 unspecified atom stereocenters. The molecule has 0 atom stereocenters. The third-order valence-electron chi connectivity index (χ3n) is 3.11. The molecule has 19 heavy (non-hydrogen) atoms. The Bertz CT molecular complexity index is 615. The highest BCUT2D eigenvalue weighted by atomic mass is 16.5. The number of nitrogens with zero attached hydrogens (tertiary/aromatic N) is 2. The van der Waals surface area contributed by atoms with Crippen LogP contribution in [-0.4, -0.2) is 22.7 Å². The molecule has 0 bridgehead atoms. The first-order valence-corrected chi connectivity index (χ1v) is 6.30. The van der Waals surface area contributed by atoms with Crippen molar-refractivity contribution in [3.05, 3.63) is 46.8 Å². The van der Waals surface area contributed by atoms with Crippen LogP contribution in [0.25, 0.3) is 0 Å². The Morgan fingerprint density at radius 1 is 1.32 bits per heavy atom. The van der Waals surface area contributed by atoms with Crippen molar-refractivity contribution in [2.75, 3.05) is 7.11 Å². The van der Waals surface area contributed by atoms with Crippen LogP contribution in [0.5, 0.6) is 5.75 Å². The molecule has 0 spiro atoms. The third kappa shape index (κ3) is 2.52. The van der Waals surface area contributed by atoms with E-state index < -0.39 is 0 Å². The highest BCUT2D eigenvalue weighted by Gasteiger charge is 2.17. The van der Waals surface area contributed by atoms with Crippen LogP contribution >= 0.6 is 0 Å². The first-order chi connectivity index (χ1) is 9.06. The number of ether oxygens (including phenoxy) is 1. The van der Waals surface area contributed by atoms with Gasteiger partial charge in [-0.05, 0) is 50.6 Å². The van der Waals surface area contributed by atoms with Crippen LogP contribution < -0.4 is 4.74 Å². The van der Waals surface area contributed by atoms with Crippen molar-refractivity contribution in [1.29, 1.82) is 0 Å². The Morgan fingerprint density at radius 2 is 2.05 bits per heavy atom. The fourth-order valence-corrected chi connectivity index (χ4v) is 2.13. The quantitative estimate of drug-likeness (QED) is 0.792. The largest absolute Gasteiger partial charge is 0.497 e. The number of ketones is 1. The maximum absolute atomic E-state index is 12.6. The van der Waals surface area contributed by atoms with Gasteiger partial charge in [-0.15, -0.1) is 0 Å². The summed E-state index contributed by atoms with van der Waals surface area (Å²) in [5.41, 5.74) is 3.09. The summed E-state index contributed by atoms with van der Waals surface area (Å²) in [5, 5.41) is 4.31. The second kappa shape index (κ2) is 5.26. The lowest BCUT2D eigenvalue weighted by Gasteiger charge is -2.08. The van der Waals surface area contributed by atoms with Gasteiger partial charge in [0.25, 0.3) is 0 Å². The second-order valence-corrected chi connectivity index (χ2v) is 4.50. The van der Waals surface area contributed by atoms with Crippen LogP contribution in [0, 0.1) is 13.8 Å². The Morgan fingerprint density at radius 3 is 2.63 bits per heavy atom. The summed E-state index contributed by atoms with van der Waals surface area (Å²) < 4.78 is 6.89. The predicted molar refractivity (Wildman–Crippen MR) is 73.8 cm³/mol. The molecule has 100 valence electrons. The van der Waals surface area contributed by atoms with Crippen LogP contribution in [-0.2, 0) is 6.54 Å². The number of aromatic nitrogens is 2. The standard InChI is InChI=1S/C15H18N2O2/c1-5-17-14(9-11(3)16-17)15(18)13-7-6-12(19-4)8-10(13)2/h6-9H,5H2,1-4H3. The molecule has 2 aromatic rings. The van der Waals surface area contributed by atoms with Crippen LogP contribution in [0.2, 0.25) is 0 Å². The number of carbonyl (C=O) groups is 1. The zero-order valence-corrected chi connectivity index (χ0v) is 11.7. The highest BCUT2D eigenvalue weighted by molar-refractivity contribution is 6.09. The summed E-state index contributed by atoms with van der Waals surface area (Å²) >= 11 is 0. The monoisotopic (exact) mass is 258 g/mol.